The molecule has 2 amide bonds. The van der Waals surface area contributed by atoms with Gasteiger partial charge in [-0.05, 0) is 63.3 Å². The largest absolute Gasteiger partial charge is 0.495 e. The summed E-state index contributed by atoms with van der Waals surface area (Å²) < 4.78 is 5.68. The number of hydrogen-bond donors (Lipinski definition) is 2. The number of nitrogens with one attached hydrogen (secondary N) is 2. The van der Waals surface area contributed by atoms with Gasteiger partial charge >= 0.3 is 0 Å². The third-order valence-electron chi connectivity index (χ3n) is 9.81. The van der Waals surface area contributed by atoms with Gasteiger partial charge in [0.25, 0.3) is 5.91 Å². The fraction of sp³-hybridized carbons (Fsp3) is 0.625. The Hall–Kier alpha value is -3.40. The third kappa shape index (κ3) is 5.91. The van der Waals surface area contributed by atoms with Gasteiger partial charge in [0.05, 0.1) is 24.4 Å². The van der Waals surface area contributed by atoms with E-state index in [-0.39, 0.29) is 17.9 Å². The Labute approximate surface area is 250 Å². The first-order valence-electron chi connectivity index (χ1n) is 15.7. The van der Waals surface area contributed by atoms with Gasteiger partial charge in [0, 0.05) is 44.3 Å². The molecule has 2 fully saturated rings. The minimum atomic E-state index is -0.460. The van der Waals surface area contributed by atoms with Crippen molar-refractivity contribution in [3.05, 3.63) is 30.0 Å². The first-order chi connectivity index (χ1) is 20.3. The molecule has 42 heavy (non-hydrogen) atoms. The molecule has 2 aliphatic heterocycles. The van der Waals surface area contributed by atoms with E-state index in [2.05, 4.69) is 46.2 Å². The average Bonchev–Trinajstić information content (AvgIpc) is 3.54. The molecule has 1 aromatic carbocycles. The van der Waals surface area contributed by atoms with Crippen molar-refractivity contribution in [1.29, 1.82) is 0 Å². The van der Waals surface area contributed by atoms with Crippen LogP contribution in [0.5, 0.6) is 5.75 Å². The summed E-state index contributed by atoms with van der Waals surface area (Å²) in [6, 6.07) is 5.94. The van der Waals surface area contributed by atoms with Crippen LogP contribution in [-0.2, 0) is 4.79 Å². The molecule has 0 bridgehead atoms. The van der Waals surface area contributed by atoms with Gasteiger partial charge in [-0.1, -0.05) is 33.6 Å². The molecule has 10 heteroatoms. The molecule has 1 saturated heterocycles. The number of aromatic nitrogens is 2. The van der Waals surface area contributed by atoms with E-state index >= 15 is 0 Å². The Balaban J connectivity index is 1.39. The van der Waals surface area contributed by atoms with Gasteiger partial charge in [0.15, 0.2) is 5.82 Å². The number of methoxy groups -OCH3 is 1. The van der Waals surface area contributed by atoms with Gasteiger partial charge in [-0.15, -0.1) is 0 Å². The maximum atomic E-state index is 13.7. The molecule has 5 rings (SSSR count). The Bertz CT molecular complexity index is 1270. The van der Waals surface area contributed by atoms with Crippen molar-refractivity contribution in [2.24, 2.45) is 5.41 Å². The van der Waals surface area contributed by atoms with Crippen LogP contribution >= 0.6 is 0 Å². The summed E-state index contributed by atoms with van der Waals surface area (Å²) in [5, 5.41) is 6.52. The number of anilines is 4. The van der Waals surface area contributed by atoms with Crippen LogP contribution in [0.1, 0.15) is 82.5 Å². The molecule has 3 heterocycles. The number of nitrogens with zero attached hydrogens (tertiary/aromatic N) is 5. The minimum Gasteiger partial charge on any atom is -0.495 e. The SMILES string of the molecule is CCN1CCC(NC(=O)c2ccc(Nc3ncc4c(n3)N(C3CCCC3)CC(CC)(CC)C(=O)N4C)c(OC)c2)CC1. The number of fused-ring (bicyclic) bond motifs is 1. The second-order valence-electron chi connectivity index (χ2n) is 12.0. The molecule has 1 aliphatic carbocycles. The summed E-state index contributed by atoms with van der Waals surface area (Å²) in [7, 11) is 3.44. The predicted octanol–water partition coefficient (Wildman–Crippen LogP) is 4.97. The van der Waals surface area contributed by atoms with Crippen LogP contribution in [-0.4, -0.2) is 79.1 Å². The van der Waals surface area contributed by atoms with Crippen LogP contribution in [0.25, 0.3) is 0 Å². The van der Waals surface area contributed by atoms with Crippen LogP contribution in [0, 0.1) is 5.41 Å². The Morgan fingerprint density at radius 2 is 1.81 bits per heavy atom. The van der Waals surface area contributed by atoms with Crippen LogP contribution in [0.3, 0.4) is 0 Å². The molecule has 3 aliphatic rings. The first-order valence-corrected chi connectivity index (χ1v) is 15.7. The van der Waals surface area contributed by atoms with Crippen LogP contribution in [0.2, 0.25) is 0 Å². The van der Waals surface area contributed by atoms with Crippen LogP contribution in [0.4, 0.5) is 23.1 Å². The highest BCUT2D eigenvalue weighted by Crippen LogP contribution is 2.43. The van der Waals surface area contributed by atoms with Gasteiger partial charge in [0.2, 0.25) is 11.9 Å². The zero-order valence-corrected chi connectivity index (χ0v) is 25.9. The van der Waals surface area contributed by atoms with Gasteiger partial charge in [-0.25, -0.2) is 4.98 Å². The van der Waals surface area contributed by atoms with Gasteiger partial charge in [-0.3, -0.25) is 9.59 Å². The Morgan fingerprint density at radius 1 is 1.10 bits per heavy atom. The lowest BCUT2D eigenvalue weighted by molar-refractivity contribution is -0.127. The molecular weight excluding hydrogens is 530 g/mol. The summed E-state index contributed by atoms with van der Waals surface area (Å²) >= 11 is 0. The second-order valence-corrected chi connectivity index (χ2v) is 12.0. The maximum Gasteiger partial charge on any atom is 0.251 e. The molecule has 1 aromatic heterocycles. The summed E-state index contributed by atoms with van der Waals surface area (Å²) in [5.74, 6) is 1.80. The van der Waals surface area contributed by atoms with Crippen molar-refractivity contribution < 1.29 is 14.3 Å². The van der Waals surface area contributed by atoms with Gasteiger partial charge in [0.1, 0.15) is 11.4 Å². The van der Waals surface area contributed by atoms with Crippen molar-refractivity contribution in [2.75, 3.05) is 55.5 Å². The lowest BCUT2D eigenvalue weighted by Crippen LogP contribution is -2.48. The minimum absolute atomic E-state index is 0.0914. The van der Waals surface area contributed by atoms with Crippen molar-refractivity contribution >= 4 is 35.0 Å². The molecule has 1 saturated carbocycles. The maximum absolute atomic E-state index is 13.7. The highest BCUT2D eigenvalue weighted by Gasteiger charge is 2.45. The highest BCUT2D eigenvalue weighted by molar-refractivity contribution is 6.01. The number of amides is 2. The smallest absolute Gasteiger partial charge is 0.251 e. The summed E-state index contributed by atoms with van der Waals surface area (Å²) in [4.78, 5) is 42.9. The van der Waals surface area contributed by atoms with Crippen molar-refractivity contribution in [1.82, 2.24) is 20.2 Å². The van der Waals surface area contributed by atoms with Gasteiger partial charge in [-0.2, -0.15) is 4.98 Å². The molecular formula is C32H47N7O3. The molecule has 10 nitrogen and oxygen atoms in total. The number of ether oxygens (including phenoxy) is 1. The summed E-state index contributed by atoms with van der Waals surface area (Å²) in [6.45, 7) is 10.1. The Morgan fingerprint density at radius 3 is 2.45 bits per heavy atom. The summed E-state index contributed by atoms with van der Waals surface area (Å²) in [5.41, 5.74) is 1.51. The number of benzene rings is 1. The monoisotopic (exact) mass is 577 g/mol. The van der Waals surface area contributed by atoms with E-state index in [4.69, 9.17) is 9.72 Å². The lowest BCUT2D eigenvalue weighted by atomic mass is 9.80. The molecule has 0 spiro atoms. The number of carbonyl (C=O) groups excluding carboxylic acids is 2. The zero-order chi connectivity index (χ0) is 29.9. The van der Waals surface area contributed by atoms with E-state index in [9.17, 15) is 9.59 Å². The number of piperidine rings is 1. The van der Waals surface area contributed by atoms with Crippen LogP contribution < -0.4 is 25.2 Å². The van der Waals surface area contributed by atoms with Crippen molar-refractivity contribution in [3.63, 3.8) is 0 Å². The number of hydrogen-bond acceptors (Lipinski definition) is 8. The number of carbonyl (C=O) groups is 2. The van der Waals surface area contributed by atoms with Crippen molar-refractivity contribution in [3.8, 4) is 5.75 Å². The molecule has 0 atom stereocenters. The Kier molecular flexibility index (Phi) is 9.20. The van der Waals surface area contributed by atoms with E-state index in [1.165, 1.54) is 12.8 Å². The lowest BCUT2D eigenvalue weighted by Gasteiger charge is -2.37. The zero-order valence-electron chi connectivity index (χ0n) is 25.9. The van der Waals surface area contributed by atoms with E-state index in [0.29, 0.717) is 35.5 Å². The normalized spacial score (nSPS) is 19.9. The van der Waals surface area contributed by atoms with E-state index in [1.54, 1.807) is 30.3 Å². The molecule has 0 unspecified atom stereocenters. The fourth-order valence-corrected chi connectivity index (χ4v) is 6.82. The van der Waals surface area contributed by atoms with Gasteiger partial charge < -0.3 is 30.1 Å². The van der Waals surface area contributed by atoms with E-state index in [0.717, 1.165) is 69.7 Å². The number of likely N-dealkylation sites (tertiary alicyclic amines) is 1. The molecule has 2 N–H and O–H groups in total. The summed E-state index contributed by atoms with van der Waals surface area (Å²) in [6.07, 6.45) is 9.81. The molecule has 2 aromatic rings. The highest BCUT2D eigenvalue weighted by atomic mass is 16.5. The third-order valence-corrected chi connectivity index (χ3v) is 9.81. The molecule has 0 radical (unpaired) electrons. The number of rotatable bonds is 9. The standard InChI is InChI=1S/C32H47N7O3/c1-6-32(7-2)21-39(24-11-9-10-12-24)28-26(37(4)30(32)41)20-33-31(36-28)35-25-14-13-22(19-27(25)42-5)29(40)34-23-15-17-38(8-3)18-16-23/h13-14,19-20,23-24H,6-12,15-18,21H2,1-5H3,(H,34,40)(H,33,35,36). The second kappa shape index (κ2) is 12.9. The van der Waals surface area contributed by atoms with Crippen molar-refractivity contribution in [2.45, 2.75) is 84.2 Å². The van der Waals surface area contributed by atoms with E-state index in [1.807, 2.05) is 13.1 Å². The van der Waals surface area contributed by atoms with E-state index < -0.39 is 5.41 Å². The van der Waals surface area contributed by atoms with Crippen LogP contribution in [0.15, 0.2) is 24.4 Å². The average molecular weight is 578 g/mol. The predicted molar refractivity (Wildman–Crippen MR) is 167 cm³/mol. The fourth-order valence-electron chi connectivity index (χ4n) is 6.82. The quantitative estimate of drug-likeness (QED) is 0.431. The first kappa shape index (κ1) is 30.1. The topological polar surface area (TPSA) is 103 Å². The molecule has 228 valence electrons.